The summed E-state index contributed by atoms with van der Waals surface area (Å²) in [5, 5.41) is 8.76. The Hall–Kier alpha value is -2.24. The first-order valence-corrected chi connectivity index (χ1v) is 6.15. The summed E-state index contributed by atoms with van der Waals surface area (Å²) in [5.41, 5.74) is -1.49. The highest BCUT2D eigenvalue weighted by Gasteiger charge is 2.22. The number of rotatable bonds is 3. The van der Waals surface area contributed by atoms with E-state index in [0.29, 0.717) is 6.42 Å². The molecule has 0 saturated carbocycles. The van der Waals surface area contributed by atoms with Gasteiger partial charge >= 0.3 is 5.97 Å². The van der Waals surface area contributed by atoms with Gasteiger partial charge in [0, 0.05) is 12.1 Å². The minimum absolute atomic E-state index is 0.302. The van der Waals surface area contributed by atoms with E-state index in [1.54, 1.807) is 13.8 Å². The number of hydrogen-bond donors (Lipinski definition) is 1. The fourth-order valence-corrected chi connectivity index (χ4v) is 2.20. The van der Waals surface area contributed by atoms with E-state index in [2.05, 4.69) is 0 Å². The minimum atomic E-state index is -1.35. The molecule has 0 aliphatic heterocycles. The molecule has 0 bridgehead atoms. The van der Waals surface area contributed by atoms with Gasteiger partial charge in [0.05, 0.1) is 10.9 Å². The molecule has 0 aliphatic rings. The van der Waals surface area contributed by atoms with Gasteiger partial charge in [-0.15, -0.1) is 0 Å². The first-order chi connectivity index (χ1) is 9.38. The number of halogens is 2. The molecule has 2 rings (SSSR count). The quantitative estimate of drug-likeness (QED) is 0.941. The Labute approximate surface area is 113 Å². The molecular formula is C14H13F2NO3. The van der Waals surface area contributed by atoms with Gasteiger partial charge in [0.15, 0.2) is 5.43 Å². The van der Waals surface area contributed by atoms with Crippen LogP contribution in [0.15, 0.2) is 23.0 Å². The van der Waals surface area contributed by atoms with E-state index in [-0.39, 0.29) is 17.3 Å². The molecule has 4 nitrogen and oxygen atoms in total. The van der Waals surface area contributed by atoms with Gasteiger partial charge in [-0.2, -0.15) is 0 Å². The van der Waals surface area contributed by atoms with Crippen LogP contribution in [-0.4, -0.2) is 15.6 Å². The van der Waals surface area contributed by atoms with Gasteiger partial charge < -0.3 is 9.67 Å². The molecule has 106 valence electrons. The lowest BCUT2D eigenvalue weighted by molar-refractivity contribution is 0.0682. The van der Waals surface area contributed by atoms with Crippen LogP contribution in [0.1, 0.15) is 36.8 Å². The van der Waals surface area contributed by atoms with E-state index in [0.717, 1.165) is 22.8 Å². The van der Waals surface area contributed by atoms with E-state index >= 15 is 0 Å². The summed E-state index contributed by atoms with van der Waals surface area (Å²) in [5.74, 6) is -3.03. The third-order valence-electron chi connectivity index (χ3n) is 3.34. The molecule has 0 radical (unpaired) electrons. The van der Waals surface area contributed by atoms with Crippen molar-refractivity contribution in [2.75, 3.05) is 0 Å². The molecule has 1 N–H and O–H groups in total. The zero-order valence-electron chi connectivity index (χ0n) is 11.0. The zero-order valence-corrected chi connectivity index (χ0v) is 11.0. The number of benzene rings is 1. The van der Waals surface area contributed by atoms with Crippen molar-refractivity contribution in [1.29, 1.82) is 0 Å². The third kappa shape index (κ3) is 2.07. The van der Waals surface area contributed by atoms with Crippen LogP contribution in [-0.2, 0) is 0 Å². The predicted molar refractivity (Wildman–Crippen MR) is 70.1 cm³/mol. The number of aromatic carboxylic acids is 1. The van der Waals surface area contributed by atoms with Crippen LogP contribution in [0, 0.1) is 11.6 Å². The lowest BCUT2D eigenvalue weighted by Gasteiger charge is -2.20. The predicted octanol–water partition coefficient (Wildman–Crippen LogP) is 2.95. The number of carbonyl (C=O) groups is 1. The molecule has 1 heterocycles. The van der Waals surface area contributed by atoms with Crippen LogP contribution in [0.25, 0.3) is 10.9 Å². The van der Waals surface area contributed by atoms with E-state index in [1.807, 2.05) is 0 Å². The molecule has 1 atom stereocenters. The largest absolute Gasteiger partial charge is 0.477 e. The number of carboxylic acids is 1. The molecule has 0 aliphatic carbocycles. The summed E-state index contributed by atoms with van der Waals surface area (Å²) >= 11 is 0. The van der Waals surface area contributed by atoms with Crippen LogP contribution >= 0.6 is 0 Å². The molecule has 2 aromatic rings. The third-order valence-corrected chi connectivity index (χ3v) is 3.34. The fourth-order valence-electron chi connectivity index (χ4n) is 2.20. The Morgan fingerprint density at radius 2 is 1.95 bits per heavy atom. The van der Waals surface area contributed by atoms with E-state index in [1.165, 1.54) is 0 Å². The molecule has 1 unspecified atom stereocenters. The summed E-state index contributed by atoms with van der Waals surface area (Å²) in [4.78, 5) is 23.1. The average Bonchev–Trinajstić information content (AvgIpc) is 2.41. The van der Waals surface area contributed by atoms with Crippen molar-refractivity contribution in [2.24, 2.45) is 0 Å². The molecule has 6 heteroatoms. The maximum Gasteiger partial charge on any atom is 0.352 e. The first kappa shape index (κ1) is 14.2. The Balaban J connectivity index is 3.08. The second-order valence-corrected chi connectivity index (χ2v) is 4.58. The van der Waals surface area contributed by atoms with Crippen LogP contribution in [0.2, 0.25) is 0 Å². The summed E-state index contributed by atoms with van der Waals surface area (Å²) in [6, 6.07) is 2.20. The monoisotopic (exact) mass is 281 g/mol. The molecule has 0 amide bonds. The molecule has 0 fully saturated rings. The Morgan fingerprint density at radius 1 is 1.35 bits per heavy atom. The van der Waals surface area contributed by atoms with Crippen LogP contribution < -0.4 is 5.43 Å². The van der Waals surface area contributed by atoms with Gasteiger partial charge in [-0.3, -0.25) is 4.79 Å². The minimum Gasteiger partial charge on any atom is -0.477 e. The number of nitrogens with zero attached hydrogens (tertiary/aromatic N) is 1. The normalized spacial score (nSPS) is 12.6. The average molecular weight is 281 g/mol. The van der Waals surface area contributed by atoms with Crippen molar-refractivity contribution in [1.82, 2.24) is 4.57 Å². The van der Waals surface area contributed by atoms with Crippen molar-refractivity contribution in [3.63, 3.8) is 0 Å². The summed E-state index contributed by atoms with van der Waals surface area (Å²) in [7, 11) is 0. The molecule has 0 spiro atoms. The smallest absolute Gasteiger partial charge is 0.352 e. The van der Waals surface area contributed by atoms with E-state index in [9.17, 15) is 23.5 Å². The maximum atomic E-state index is 14.0. The van der Waals surface area contributed by atoms with Gasteiger partial charge in [0.1, 0.15) is 17.3 Å². The first-order valence-electron chi connectivity index (χ1n) is 6.15. The van der Waals surface area contributed by atoms with Crippen molar-refractivity contribution in [3.8, 4) is 0 Å². The lowest BCUT2D eigenvalue weighted by atomic mass is 10.1. The molecule has 1 aromatic heterocycles. The Kier molecular flexibility index (Phi) is 3.57. The number of fused-ring (bicyclic) bond motifs is 1. The maximum absolute atomic E-state index is 14.0. The number of pyridine rings is 1. The molecular weight excluding hydrogens is 268 g/mol. The Morgan fingerprint density at radius 3 is 2.50 bits per heavy atom. The molecule has 1 aromatic carbocycles. The standard InChI is InChI=1S/C14H13F2NO3/c1-3-7(2)17-10(14(19)20)6-11(18)12-8(15)4-5-9(16)13(12)17/h4-7H,3H2,1-2H3,(H,19,20). The summed E-state index contributed by atoms with van der Waals surface area (Å²) in [6.45, 7) is 3.47. The topological polar surface area (TPSA) is 59.3 Å². The lowest BCUT2D eigenvalue weighted by Crippen LogP contribution is -2.22. The van der Waals surface area contributed by atoms with Gasteiger partial charge in [-0.05, 0) is 25.5 Å². The summed E-state index contributed by atoms with van der Waals surface area (Å²) in [6.07, 6.45) is 0.508. The molecule has 20 heavy (non-hydrogen) atoms. The fraction of sp³-hybridized carbons (Fsp3) is 0.286. The highest BCUT2D eigenvalue weighted by Crippen LogP contribution is 2.25. The second kappa shape index (κ2) is 5.03. The van der Waals surface area contributed by atoms with Crippen molar-refractivity contribution in [2.45, 2.75) is 26.3 Å². The molecule has 0 saturated heterocycles. The highest BCUT2D eigenvalue weighted by atomic mass is 19.1. The van der Waals surface area contributed by atoms with Gasteiger partial charge in [0.25, 0.3) is 0 Å². The SMILES string of the molecule is CCC(C)n1c(C(=O)O)cc(=O)c2c(F)ccc(F)c21. The van der Waals surface area contributed by atoms with Crippen molar-refractivity contribution < 1.29 is 18.7 Å². The highest BCUT2D eigenvalue weighted by molar-refractivity contribution is 5.91. The number of hydrogen-bond acceptors (Lipinski definition) is 2. The second-order valence-electron chi connectivity index (χ2n) is 4.58. The number of carboxylic acid groups (broad SMARTS) is 1. The van der Waals surface area contributed by atoms with Gasteiger partial charge in [-0.1, -0.05) is 6.92 Å². The summed E-state index contributed by atoms with van der Waals surface area (Å²) < 4.78 is 29.0. The van der Waals surface area contributed by atoms with Crippen LogP contribution in [0.3, 0.4) is 0 Å². The van der Waals surface area contributed by atoms with Gasteiger partial charge in [-0.25, -0.2) is 13.6 Å². The van der Waals surface area contributed by atoms with E-state index in [4.69, 9.17) is 0 Å². The van der Waals surface area contributed by atoms with Crippen molar-refractivity contribution in [3.05, 3.63) is 45.8 Å². The zero-order chi connectivity index (χ0) is 15.0. The van der Waals surface area contributed by atoms with Crippen molar-refractivity contribution >= 4 is 16.9 Å². The van der Waals surface area contributed by atoms with E-state index < -0.39 is 28.4 Å². The van der Waals surface area contributed by atoms with Crippen LogP contribution in [0.4, 0.5) is 8.78 Å². The van der Waals surface area contributed by atoms with Gasteiger partial charge in [0.2, 0.25) is 0 Å². The Bertz CT molecular complexity index is 752. The number of aromatic nitrogens is 1. The van der Waals surface area contributed by atoms with Crippen LogP contribution in [0.5, 0.6) is 0 Å².